The Morgan fingerprint density at radius 3 is 2.68 bits per heavy atom. The lowest BCUT2D eigenvalue weighted by Gasteiger charge is -2.42. The van der Waals surface area contributed by atoms with Gasteiger partial charge < -0.3 is 10.3 Å². The van der Waals surface area contributed by atoms with Gasteiger partial charge in [0.05, 0.1) is 11.5 Å². The molecule has 0 amide bonds. The van der Waals surface area contributed by atoms with Gasteiger partial charge in [0.2, 0.25) is 11.7 Å². The number of hydrogen-bond donors (Lipinski definition) is 1. The quantitative estimate of drug-likeness (QED) is 0.652. The van der Waals surface area contributed by atoms with E-state index in [2.05, 4.69) is 28.9 Å². The number of halogens is 1. The Morgan fingerprint density at radius 1 is 1.40 bits per heavy atom. The lowest BCUT2D eigenvalue weighted by Crippen LogP contribution is -2.52. The second-order valence-electron chi connectivity index (χ2n) is 6.91. The second-order valence-corrected chi connectivity index (χ2v) is 6.91. The van der Waals surface area contributed by atoms with Gasteiger partial charge in [-0.2, -0.15) is 4.98 Å². The van der Waals surface area contributed by atoms with Crippen molar-refractivity contribution in [1.29, 1.82) is 0 Å². The molecule has 2 heterocycles. The van der Waals surface area contributed by atoms with E-state index in [-0.39, 0.29) is 29.6 Å². The van der Waals surface area contributed by atoms with Crippen molar-refractivity contribution in [2.45, 2.75) is 32.9 Å². The number of hydrogen-bond acceptors (Lipinski definition) is 7. The number of benzene rings is 1. The highest BCUT2D eigenvalue weighted by Gasteiger charge is 2.33. The summed E-state index contributed by atoms with van der Waals surface area (Å²) in [5, 5.41) is 14.7. The second kappa shape index (κ2) is 7.47. The summed E-state index contributed by atoms with van der Waals surface area (Å²) < 4.78 is 5.33. The van der Waals surface area contributed by atoms with Crippen molar-refractivity contribution in [3.8, 4) is 11.4 Å². The van der Waals surface area contributed by atoms with Gasteiger partial charge in [-0.3, -0.25) is 15.0 Å². The van der Waals surface area contributed by atoms with E-state index in [4.69, 9.17) is 10.3 Å². The minimum absolute atomic E-state index is 0. The highest BCUT2D eigenvalue weighted by Crippen LogP contribution is 2.28. The molecule has 1 atom stereocenters. The first-order valence-electron chi connectivity index (χ1n) is 7.90. The molecule has 0 radical (unpaired) electrons. The molecule has 136 valence electrons. The molecule has 1 saturated heterocycles. The Bertz CT molecular complexity index is 732. The number of nitro benzene ring substituents is 1. The van der Waals surface area contributed by atoms with Crippen LogP contribution in [0.5, 0.6) is 0 Å². The molecule has 0 bridgehead atoms. The Labute approximate surface area is 151 Å². The summed E-state index contributed by atoms with van der Waals surface area (Å²) in [5.74, 6) is 0.975. The van der Waals surface area contributed by atoms with E-state index in [1.165, 1.54) is 12.1 Å². The molecule has 1 aliphatic heterocycles. The third-order valence-electron chi connectivity index (χ3n) is 4.55. The standard InChI is InChI=1S/C16H21N5O3.ClH/c1-16(2)10-20(8-7-13(16)17)9-14-18-15(19-24-14)11-3-5-12(6-4-11)21(22)23;/h3-6,13H,7-10,17H2,1-2H3;1H. The topological polar surface area (TPSA) is 111 Å². The van der Waals surface area contributed by atoms with Gasteiger partial charge >= 0.3 is 0 Å². The van der Waals surface area contributed by atoms with Crippen LogP contribution in [0.1, 0.15) is 26.2 Å². The zero-order valence-electron chi connectivity index (χ0n) is 14.2. The van der Waals surface area contributed by atoms with Crippen LogP contribution >= 0.6 is 12.4 Å². The Morgan fingerprint density at radius 2 is 2.08 bits per heavy atom. The minimum atomic E-state index is -0.436. The number of non-ortho nitro benzene ring substituents is 1. The average Bonchev–Trinajstić information content (AvgIpc) is 2.99. The molecule has 2 N–H and O–H groups in total. The Kier molecular flexibility index (Phi) is 5.76. The van der Waals surface area contributed by atoms with Crippen LogP contribution in [0.25, 0.3) is 11.4 Å². The van der Waals surface area contributed by atoms with E-state index in [1.54, 1.807) is 12.1 Å². The van der Waals surface area contributed by atoms with Crippen LogP contribution < -0.4 is 5.73 Å². The summed E-state index contributed by atoms with van der Waals surface area (Å²) in [6.07, 6.45) is 0.941. The van der Waals surface area contributed by atoms with Gasteiger partial charge in [-0.25, -0.2) is 0 Å². The lowest BCUT2D eigenvalue weighted by molar-refractivity contribution is -0.384. The molecule has 1 aromatic heterocycles. The van der Waals surface area contributed by atoms with Gasteiger partial charge in [-0.05, 0) is 24.0 Å². The molecule has 25 heavy (non-hydrogen) atoms. The van der Waals surface area contributed by atoms with Crippen molar-refractivity contribution in [2.24, 2.45) is 11.1 Å². The normalized spacial score (nSPS) is 20.0. The molecule has 2 aromatic rings. The van der Waals surface area contributed by atoms with Gasteiger partial charge in [0, 0.05) is 36.8 Å². The maximum atomic E-state index is 10.7. The van der Waals surface area contributed by atoms with Gasteiger partial charge in [0.1, 0.15) is 0 Å². The van der Waals surface area contributed by atoms with E-state index >= 15 is 0 Å². The maximum absolute atomic E-state index is 10.7. The summed E-state index contributed by atoms with van der Waals surface area (Å²) in [4.78, 5) is 16.9. The number of nitro groups is 1. The first-order chi connectivity index (χ1) is 11.3. The molecule has 3 rings (SSSR count). The average molecular weight is 368 g/mol. The molecule has 1 aromatic carbocycles. The minimum Gasteiger partial charge on any atom is -0.338 e. The fraction of sp³-hybridized carbons (Fsp3) is 0.500. The third-order valence-corrected chi connectivity index (χ3v) is 4.55. The van der Waals surface area contributed by atoms with Gasteiger partial charge in [0.25, 0.3) is 5.69 Å². The first-order valence-corrected chi connectivity index (χ1v) is 7.90. The van der Waals surface area contributed by atoms with Crippen molar-refractivity contribution < 1.29 is 9.45 Å². The molecule has 1 fully saturated rings. The first kappa shape index (κ1) is 19.3. The van der Waals surface area contributed by atoms with Crippen LogP contribution in [-0.4, -0.2) is 39.1 Å². The van der Waals surface area contributed by atoms with Crippen molar-refractivity contribution in [2.75, 3.05) is 13.1 Å². The highest BCUT2D eigenvalue weighted by molar-refractivity contribution is 5.85. The fourth-order valence-corrected chi connectivity index (χ4v) is 2.98. The number of nitrogens with zero attached hydrogens (tertiary/aromatic N) is 4. The summed E-state index contributed by atoms with van der Waals surface area (Å²) in [5.41, 5.74) is 6.94. The highest BCUT2D eigenvalue weighted by atomic mass is 35.5. The smallest absolute Gasteiger partial charge is 0.269 e. The zero-order chi connectivity index (χ0) is 17.3. The molecule has 1 unspecified atom stereocenters. The Hall–Kier alpha value is -2.03. The number of aromatic nitrogens is 2. The van der Waals surface area contributed by atoms with Crippen molar-refractivity contribution >= 4 is 18.1 Å². The molecular formula is C16H22ClN5O3. The van der Waals surface area contributed by atoms with Gasteiger partial charge in [-0.1, -0.05) is 19.0 Å². The summed E-state index contributed by atoms with van der Waals surface area (Å²) in [6.45, 7) is 6.69. The Balaban J connectivity index is 0.00000225. The number of nitrogens with two attached hydrogens (primary N) is 1. The molecule has 0 saturated carbocycles. The van der Waals surface area contributed by atoms with E-state index in [9.17, 15) is 10.1 Å². The molecule has 9 heteroatoms. The van der Waals surface area contributed by atoms with Gasteiger partial charge in [0.15, 0.2) is 0 Å². The lowest BCUT2D eigenvalue weighted by atomic mass is 9.80. The molecule has 0 aliphatic carbocycles. The molecule has 0 spiro atoms. The number of rotatable bonds is 4. The largest absolute Gasteiger partial charge is 0.338 e. The number of piperidine rings is 1. The van der Waals surface area contributed by atoms with Crippen molar-refractivity contribution in [3.05, 3.63) is 40.3 Å². The molecule has 1 aliphatic rings. The van der Waals surface area contributed by atoms with E-state index < -0.39 is 4.92 Å². The van der Waals surface area contributed by atoms with E-state index in [1.807, 2.05) is 0 Å². The van der Waals surface area contributed by atoms with Crippen LogP contribution in [0.2, 0.25) is 0 Å². The predicted molar refractivity (Wildman–Crippen MR) is 95.3 cm³/mol. The molecular weight excluding hydrogens is 346 g/mol. The summed E-state index contributed by atoms with van der Waals surface area (Å²) >= 11 is 0. The van der Waals surface area contributed by atoms with Crippen LogP contribution in [-0.2, 0) is 6.54 Å². The van der Waals surface area contributed by atoms with E-state index in [0.29, 0.717) is 23.8 Å². The fourth-order valence-electron chi connectivity index (χ4n) is 2.98. The zero-order valence-corrected chi connectivity index (χ0v) is 15.0. The SMILES string of the molecule is CC1(C)CN(Cc2nc(-c3ccc([N+](=O)[O-])cc3)no2)CCC1N.Cl. The van der Waals surface area contributed by atoms with Crippen molar-refractivity contribution in [3.63, 3.8) is 0 Å². The number of likely N-dealkylation sites (tertiary alicyclic amines) is 1. The van der Waals surface area contributed by atoms with E-state index in [0.717, 1.165) is 19.5 Å². The van der Waals surface area contributed by atoms with Crippen LogP contribution in [0.4, 0.5) is 5.69 Å². The van der Waals surface area contributed by atoms with Crippen LogP contribution in [0.15, 0.2) is 28.8 Å². The van der Waals surface area contributed by atoms with Crippen LogP contribution in [0, 0.1) is 15.5 Å². The van der Waals surface area contributed by atoms with Gasteiger partial charge in [-0.15, -0.1) is 12.4 Å². The predicted octanol–water partition coefficient (Wildman–Crippen LogP) is 2.63. The third kappa shape index (κ3) is 4.33. The maximum Gasteiger partial charge on any atom is 0.269 e. The molecule has 8 nitrogen and oxygen atoms in total. The monoisotopic (exact) mass is 367 g/mol. The summed E-state index contributed by atoms with van der Waals surface area (Å²) in [7, 11) is 0. The van der Waals surface area contributed by atoms with Crippen LogP contribution in [0.3, 0.4) is 0 Å². The van der Waals surface area contributed by atoms with Crippen molar-refractivity contribution in [1.82, 2.24) is 15.0 Å². The summed E-state index contributed by atoms with van der Waals surface area (Å²) in [6, 6.07) is 6.30.